The molecule has 2 aromatic carbocycles. The van der Waals surface area contributed by atoms with Crippen molar-refractivity contribution >= 4 is 11.8 Å². The molecule has 0 aromatic heterocycles. The van der Waals surface area contributed by atoms with E-state index in [-0.39, 0.29) is 30.6 Å². The van der Waals surface area contributed by atoms with Crippen molar-refractivity contribution in [2.45, 2.75) is 6.54 Å². The molecule has 3 N–H and O–H groups in total. The van der Waals surface area contributed by atoms with Gasteiger partial charge >= 0.3 is 0 Å². The second-order valence-corrected chi connectivity index (χ2v) is 5.48. The third-order valence-corrected chi connectivity index (χ3v) is 3.74. The zero-order valence-electron chi connectivity index (χ0n) is 14.1. The average Bonchev–Trinajstić information content (AvgIpc) is 3.12. The Balaban J connectivity index is 1.56. The van der Waals surface area contributed by atoms with Crippen molar-refractivity contribution in [3.05, 3.63) is 47.5 Å². The molecule has 0 spiro atoms. The lowest BCUT2D eigenvalue weighted by atomic mass is 10.2. The SMILES string of the molecule is COc1ccc(C(N)=O)c(OCC(=O)NCc2ccc3c(c2)OCO3)c1. The summed E-state index contributed by atoms with van der Waals surface area (Å²) in [5.41, 5.74) is 6.35. The first kappa shape index (κ1) is 17.4. The van der Waals surface area contributed by atoms with Gasteiger partial charge in [0.25, 0.3) is 11.8 Å². The van der Waals surface area contributed by atoms with Gasteiger partial charge in [0, 0.05) is 12.6 Å². The number of carbonyl (C=O) groups is 2. The number of amides is 2. The van der Waals surface area contributed by atoms with Gasteiger partial charge in [0.05, 0.1) is 12.7 Å². The zero-order chi connectivity index (χ0) is 18.5. The first-order valence-corrected chi connectivity index (χ1v) is 7.82. The highest BCUT2D eigenvalue weighted by atomic mass is 16.7. The van der Waals surface area contributed by atoms with Gasteiger partial charge in [-0.1, -0.05) is 6.07 Å². The van der Waals surface area contributed by atoms with Crippen LogP contribution >= 0.6 is 0 Å². The highest BCUT2D eigenvalue weighted by Gasteiger charge is 2.15. The number of primary amides is 1. The Labute approximate surface area is 149 Å². The van der Waals surface area contributed by atoms with Gasteiger partial charge in [0.1, 0.15) is 11.5 Å². The summed E-state index contributed by atoms with van der Waals surface area (Å²) in [6.07, 6.45) is 0. The summed E-state index contributed by atoms with van der Waals surface area (Å²) >= 11 is 0. The summed E-state index contributed by atoms with van der Waals surface area (Å²) in [7, 11) is 1.49. The van der Waals surface area contributed by atoms with E-state index in [0.29, 0.717) is 23.8 Å². The van der Waals surface area contributed by atoms with Gasteiger partial charge in [-0.05, 0) is 29.8 Å². The van der Waals surface area contributed by atoms with Crippen molar-refractivity contribution < 1.29 is 28.5 Å². The lowest BCUT2D eigenvalue weighted by Gasteiger charge is -2.11. The summed E-state index contributed by atoms with van der Waals surface area (Å²) in [6.45, 7) is 0.235. The highest BCUT2D eigenvalue weighted by Crippen LogP contribution is 2.32. The molecule has 0 aliphatic carbocycles. The number of rotatable bonds is 7. The summed E-state index contributed by atoms with van der Waals surface area (Å²) in [5, 5.41) is 2.73. The summed E-state index contributed by atoms with van der Waals surface area (Å²) in [4.78, 5) is 23.5. The largest absolute Gasteiger partial charge is 0.497 e. The number of fused-ring (bicyclic) bond motifs is 1. The van der Waals surface area contributed by atoms with Gasteiger partial charge in [-0.25, -0.2) is 0 Å². The van der Waals surface area contributed by atoms with Crippen molar-refractivity contribution in [1.82, 2.24) is 5.32 Å². The number of ether oxygens (including phenoxy) is 4. The van der Waals surface area contributed by atoms with E-state index < -0.39 is 5.91 Å². The molecular formula is C18H18N2O6. The van der Waals surface area contributed by atoms with Crippen LogP contribution in [0.2, 0.25) is 0 Å². The minimum Gasteiger partial charge on any atom is -0.497 e. The van der Waals surface area contributed by atoms with Crippen LogP contribution in [-0.4, -0.2) is 32.3 Å². The van der Waals surface area contributed by atoms with E-state index >= 15 is 0 Å². The highest BCUT2D eigenvalue weighted by molar-refractivity contribution is 5.96. The first-order chi connectivity index (χ1) is 12.6. The molecule has 0 saturated carbocycles. The maximum absolute atomic E-state index is 12.0. The molecule has 1 aliphatic heterocycles. The van der Waals surface area contributed by atoms with Crippen molar-refractivity contribution in [1.29, 1.82) is 0 Å². The number of carbonyl (C=O) groups excluding carboxylic acids is 2. The zero-order valence-corrected chi connectivity index (χ0v) is 14.1. The maximum Gasteiger partial charge on any atom is 0.258 e. The van der Waals surface area contributed by atoms with Crippen LogP contribution < -0.4 is 30.0 Å². The fourth-order valence-corrected chi connectivity index (χ4v) is 2.40. The minimum absolute atomic E-state index is 0.175. The molecule has 0 radical (unpaired) electrons. The maximum atomic E-state index is 12.0. The monoisotopic (exact) mass is 358 g/mol. The Morgan fingerprint density at radius 1 is 1.15 bits per heavy atom. The van der Waals surface area contributed by atoms with Gasteiger partial charge in [0.15, 0.2) is 18.1 Å². The molecule has 0 atom stereocenters. The molecule has 136 valence electrons. The molecule has 0 unspecified atom stereocenters. The van der Waals surface area contributed by atoms with Crippen LogP contribution in [0.5, 0.6) is 23.0 Å². The molecule has 0 fully saturated rings. The number of benzene rings is 2. The molecule has 3 rings (SSSR count). The first-order valence-electron chi connectivity index (χ1n) is 7.82. The number of hydrogen-bond acceptors (Lipinski definition) is 6. The lowest BCUT2D eigenvalue weighted by Crippen LogP contribution is -2.28. The summed E-state index contributed by atoms with van der Waals surface area (Å²) in [5.74, 6) is 1.01. The second-order valence-electron chi connectivity index (χ2n) is 5.48. The molecule has 0 saturated heterocycles. The Bertz CT molecular complexity index is 836. The minimum atomic E-state index is -0.650. The van der Waals surface area contributed by atoms with Crippen molar-refractivity contribution in [2.75, 3.05) is 20.5 Å². The van der Waals surface area contributed by atoms with Crippen molar-refractivity contribution in [3.8, 4) is 23.0 Å². The molecule has 0 bridgehead atoms. The average molecular weight is 358 g/mol. The van der Waals surface area contributed by atoms with E-state index in [0.717, 1.165) is 5.56 Å². The smallest absolute Gasteiger partial charge is 0.258 e. The van der Waals surface area contributed by atoms with E-state index in [4.69, 9.17) is 24.7 Å². The topological polar surface area (TPSA) is 109 Å². The molecule has 8 heteroatoms. The van der Waals surface area contributed by atoms with Crippen molar-refractivity contribution in [2.24, 2.45) is 5.73 Å². The quantitative estimate of drug-likeness (QED) is 0.770. The van der Waals surface area contributed by atoms with Crippen LogP contribution in [0.4, 0.5) is 0 Å². The van der Waals surface area contributed by atoms with Crippen LogP contribution in [0.1, 0.15) is 15.9 Å². The Hall–Kier alpha value is -3.42. The third kappa shape index (κ3) is 3.97. The summed E-state index contributed by atoms with van der Waals surface area (Å²) in [6, 6.07) is 10.0. The molecule has 2 aromatic rings. The predicted octanol–water partition coefficient (Wildman–Crippen LogP) is 1.22. The van der Waals surface area contributed by atoms with Gasteiger partial charge in [-0.3, -0.25) is 9.59 Å². The Morgan fingerprint density at radius 2 is 1.96 bits per heavy atom. The molecule has 8 nitrogen and oxygen atoms in total. The van der Waals surface area contributed by atoms with E-state index in [1.807, 2.05) is 6.07 Å². The van der Waals surface area contributed by atoms with Crippen LogP contribution in [0.15, 0.2) is 36.4 Å². The van der Waals surface area contributed by atoms with Crippen molar-refractivity contribution in [3.63, 3.8) is 0 Å². The van der Waals surface area contributed by atoms with Crippen LogP contribution in [0.3, 0.4) is 0 Å². The normalized spacial score (nSPS) is 11.7. The standard InChI is InChI=1S/C18H18N2O6/c1-23-12-3-4-13(18(19)22)15(7-12)24-9-17(21)20-8-11-2-5-14-16(6-11)26-10-25-14/h2-7H,8-10H2,1H3,(H2,19,22)(H,20,21). The van der Waals surface area contributed by atoms with E-state index in [1.54, 1.807) is 18.2 Å². The Morgan fingerprint density at radius 3 is 2.73 bits per heavy atom. The fraction of sp³-hybridized carbons (Fsp3) is 0.222. The number of nitrogens with two attached hydrogens (primary N) is 1. The molecule has 1 aliphatic rings. The second kappa shape index (κ2) is 7.64. The predicted molar refractivity (Wildman–Crippen MR) is 91.4 cm³/mol. The van der Waals surface area contributed by atoms with Gasteiger partial charge in [0.2, 0.25) is 6.79 Å². The number of hydrogen-bond donors (Lipinski definition) is 2. The molecule has 1 heterocycles. The third-order valence-electron chi connectivity index (χ3n) is 3.74. The number of nitrogens with one attached hydrogen (secondary N) is 1. The van der Waals surface area contributed by atoms with Crippen LogP contribution in [0, 0.1) is 0 Å². The van der Waals surface area contributed by atoms with Gasteiger partial charge < -0.3 is 30.0 Å². The van der Waals surface area contributed by atoms with Gasteiger partial charge in [-0.2, -0.15) is 0 Å². The summed E-state index contributed by atoms with van der Waals surface area (Å²) < 4.78 is 21.0. The number of methoxy groups -OCH3 is 1. The molecular weight excluding hydrogens is 340 g/mol. The molecule has 2 amide bonds. The van der Waals surface area contributed by atoms with E-state index in [2.05, 4.69) is 5.32 Å². The van der Waals surface area contributed by atoms with Gasteiger partial charge in [-0.15, -0.1) is 0 Å². The van der Waals surface area contributed by atoms with E-state index in [9.17, 15) is 9.59 Å². The fourth-order valence-electron chi connectivity index (χ4n) is 2.40. The van der Waals surface area contributed by atoms with E-state index in [1.165, 1.54) is 19.2 Å². The lowest BCUT2D eigenvalue weighted by molar-refractivity contribution is -0.123. The molecule has 26 heavy (non-hydrogen) atoms. The van der Waals surface area contributed by atoms with Crippen LogP contribution in [-0.2, 0) is 11.3 Å². The Kier molecular flexibility index (Phi) is 5.12. The van der Waals surface area contributed by atoms with Crippen LogP contribution in [0.25, 0.3) is 0 Å².